The van der Waals surface area contributed by atoms with Gasteiger partial charge in [0.05, 0.1) is 5.25 Å². The summed E-state index contributed by atoms with van der Waals surface area (Å²) in [5.74, 6) is 1.45. The van der Waals surface area contributed by atoms with E-state index in [0.717, 1.165) is 29.0 Å². The SMILES string of the molecule is CC(Sc1nnc(-c2cc3ccccc3o2)n1C(C)C)C(=O)NC1CCCC1. The zero-order valence-corrected chi connectivity index (χ0v) is 17.3. The van der Waals surface area contributed by atoms with Gasteiger partial charge >= 0.3 is 0 Å². The van der Waals surface area contributed by atoms with E-state index in [1.165, 1.54) is 24.6 Å². The quantitative estimate of drug-likeness (QED) is 0.603. The number of para-hydroxylation sites is 1. The maximum Gasteiger partial charge on any atom is 0.233 e. The lowest BCUT2D eigenvalue weighted by atomic mass is 10.2. The smallest absolute Gasteiger partial charge is 0.233 e. The zero-order valence-electron chi connectivity index (χ0n) is 16.5. The molecule has 1 saturated carbocycles. The molecule has 0 saturated heterocycles. The van der Waals surface area contributed by atoms with Gasteiger partial charge in [-0.3, -0.25) is 9.36 Å². The molecule has 6 nitrogen and oxygen atoms in total. The maximum atomic E-state index is 12.6. The average Bonchev–Trinajstić information content (AvgIpc) is 3.40. The van der Waals surface area contributed by atoms with Gasteiger partial charge in [-0.1, -0.05) is 42.8 Å². The van der Waals surface area contributed by atoms with Crippen LogP contribution in [0.15, 0.2) is 39.9 Å². The van der Waals surface area contributed by atoms with Crippen molar-refractivity contribution < 1.29 is 9.21 Å². The summed E-state index contributed by atoms with van der Waals surface area (Å²) >= 11 is 1.45. The van der Waals surface area contributed by atoms with Gasteiger partial charge in [0.1, 0.15) is 5.58 Å². The number of nitrogens with zero attached hydrogens (tertiary/aromatic N) is 3. The second-order valence-corrected chi connectivity index (χ2v) is 8.98. The number of carbonyl (C=O) groups excluding carboxylic acids is 1. The number of nitrogens with one attached hydrogen (secondary N) is 1. The number of amides is 1. The molecule has 148 valence electrons. The lowest BCUT2D eigenvalue weighted by molar-refractivity contribution is -0.120. The molecular formula is C21H26N4O2S. The Morgan fingerprint density at radius 3 is 2.68 bits per heavy atom. The first kappa shape index (κ1) is 19.1. The van der Waals surface area contributed by atoms with E-state index >= 15 is 0 Å². The molecule has 7 heteroatoms. The monoisotopic (exact) mass is 398 g/mol. The van der Waals surface area contributed by atoms with Crippen LogP contribution in [-0.4, -0.2) is 32.0 Å². The Balaban J connectivity index is 1.56. The van der Waals surface area contributed by atoms with E-state index in [2.05, 4.69) is 29.4 Å². The van der Waals surface area contributed by atoms with Crippen molar-refractivity contribution in [1.29, 1.82) is 0 Å². The number of hydrogen-bond acceptors (Lipinski definition) is 5. The van der Waals surface area contributed by atoms with E-state index in [9.17, 15) is 4.79 Å². The third kappa shape index (κ3) is 3.81. The van der Waals surface area contributed by atoms with Crippen LogP contribution in [0.2, 0.25) is 0 Å². The Labute approximate surface area is 169 Å². The predicted octanol–water partition coefficient (Wildman–Crippen LogP) is 4.81. The number of fused-ring (bicyclic) bond motifs is 1. The molecule has 1 aliphatic carbocycles. The summed E-state index contributed by atoms with van der Waals surface area (Å²) in [4.78, 5) is 12.6. The van der Waals surface area contributed by atoms with Crippen LogP contribution < -0.4 is 5.32 Å². The van der Waals surface area contributed by atoms with Crippen molar-refractivity contribution in [2.75, 3.05) is 0 Å². The maximum absolute atomic E-state index is 12.6. The molecule has 3 aromatic rings. The third-order valence-electron chi connectivity index (χ3n) is 5.18. The molecule has 2 aromatic heterocycles. The van der Waals surface area contributed by atoms with Gasteiger partial charge in [-0.25, -0.2) is 0 Å². The second-order valence-electron chi connectivity index (χ2n) is 7.67. The Kier molecular flexibility index (Phi) is 5.44. The minimum atomic E-state index is -0.231. The first-order valence-corrected chi connectivity index (χ1v) is 10.8. The van der Waals surface area contributed by atoms with Crippen LogP contribution >= 0.6 is 11.8 Å². The Morgan fingerprint density at radius 1 is 1.21 bits per heavy atom. The fourth-order valence-electron chi connectivity index (χ4n) is 3.68. The van der Waals surface area contributed by atoms with Gasteiger partial charge < -0.3 is 9.73 Å². The molecule has 1 unspecified atom stereocenters. The summed E-state index contributed by atoms with van der Waals surface area (Å²) in [5, 5.41) is 13.5. The van der Waals surface area contributed by atoms with Gasteiger partial charge in [-0.2, -0.15) is 0 Å². The minimum absolute atomic E-state index is 0.0699. The van der Waals surface area contributed by atoms with E-state index in [-0.39, 0.29) is 17.2 Å². The number of rotatable bonds is 6. The average molecular weight is 399 g/mol. The summed E-state index contributed by atoms with van der Waals surface area (Å²) < 4.78 is 8.03. The van der Waals surface area contributed by atoms with Crippen LogP contribution in [0.3, 0.4) is 0 Å². The lowest BCUT2D eigenvalue weighted by Crippen LogP contribution is -2.37. The highest BCUT2D eigenvalue weighted by Gasteiger charge is 2.25. The van der Waals surface area contributed by atoms with E-state index in [1.54, 1.807) is 0 Å². The molecule has 1 aromatic carbocycles. The molecule has 1 atom stereocenters. The predicted molar refractivity (Wildman–Crippen MR) is 111 cm³/mol. The molecule has 1 N–H and O–H groups in total. The number of thioether (sulfide) groups is 1. The summed E-state index contributed by atoms with van der Waals surface area (Å²) in [6, 6.07) is 10.4. The normalized spacial score (nSPS) is 16.1. The third-order valence-corrected chi connectivity index (χ3v) is 6.24. The van der Waals surface area contributed by atoms with Crippen molar-refractivity contribution in [3.8, 4) is 11.6 Å². The molecule has 0 aliphatic heterocycles. The van der Waals surface area contributed by atoms with Crippen LogP contribution in [-0.2, 0) is 4.79 Å². The molecule has 0 spiro atoms. The summed E-state index contributed by atoms with van der Waals surface area (Å²) in [7, 11) is 0. The molecule has 1 aliphatic rings. The van der Waals surface area contributed by atoms with Gasteiger partial charge in [0.15, 0.2) is 10.9 Å². The molecule has 28 heavy (non-hydrogen) atoms. The molecule has 0 radical (unpaired) electrons. The van der Waals surface area contributed by atoms with Crippen molar-refractivity contribution in [1.82, 2.24) is 20.1 Å². The van der Waals surface area contributed by atoms with Crippen molar-refractivity contribution in [3.63, 3.8) is 0 Å². The first-order chi connectivity index (χ1) is 13.5. The summed E-state index contributed by atoms with van der Waals surface area (Å²) in [6.45, 7) is 6.10. The Hall–Kier alpha value is -2.28. The number of aromatic nitrogens is 3. The van der Waals surface area contributed by atoms with E-state index in [4.69, 9.17) is 4.42 Å². The van der Waals surface area contributed by atoms with Gasteiger partial charge in [-0.15, -0.1) is 10.2 Å². The van der Waals surface area contributed by atoms with Crippen molar-refractivity contribution in [2.45, 2.75) is 68.9 Å². The van der Waals surface area contributed by atoms with Gasteiger partial charge in [0, 0.05) is 17.5 Å². The highest BCUT2D eigenvalue weighted by Crippen LogP contribution is 2.33. The number of furan rings is 1. The molecule has 1 amide bonds. The van der Waals surface area contributed by atoms with E-state index < -0.39 is 0 Å². The molecule has 2 heterocycles. The molecular weight excluding hydrogens is 372 g/mol. The molecule has 4 rings (SSSR count). The number of carbonyl (C=O) groups is 1. The zero-order chi connectivity index (χ0) is 19.7. The standard InChI is InChI=1S/C21H26N4O2S/c1-13(2)25-19(18-12-15-8-4-7-11-17(15)27-18)23-24-21(25)28-14(3)20(26)22-16-9-5-6-10-16/h4,7-8,11-14,16H,5-6,9-10H2,1-3H3,(H,22,26). The number of hydrogen-bond donors (Lipinski definition) is 1. The first-order valence-electron chi connectivity index (χ1n) is 9.94. The van der Waals surface area contributed by atoms with Gasteiger partial charge in [0.2, 0.25) is 11.7 Å². The van der Waals surface area contributed by atoms with Crippen molar-refractivity contribution in [3.05, 3.63) is 30.3 Å². The van der Waals surface area contributed by atoms with Crippen LogP contribution in [0.1, 0.15) is 52.5 Å². The van der Waals surface area contributed by atoms with Crippen LogP contribution in [0, 0.1) is 0 Å². The van der Waals surface area contributed by atoms with E-state index in [0.29, 0.717) is 17.6 Å². The van der Waals surface area contributed by atoms with E-state index in [1.807, 2.05) is 41.8 Å². The summed E-state index contributed by atoms with van der Waals surface area (Å²) in [5.41, 5.74) is 0.828. The fourth-order valence-corrected chi connectivity index (χ4v) is 4.67. The van der Waals surface area contributed by atoms with Gasteiger partial charge in [-0.05, 0) is 45.7 Å². The Morgan fingerprint density at radius 2 is 1.96 bits per heavy atom. The van der Waals surface area contributed by atoms with Crippen LogP contribution in [0.25, 0.3) is 22.6 Å². The van der Waals surface area contributed by atoms with Gasteiger partial charge in [0.25, 0.3) is 0 Å². The Bertz CT molecular complexity index is 939. The number of benzene rings is 1. The van der Waals surface area contributed by atoms with Crippen LogP contribution in [0.5, 0.6) is 0 Å². The second kappa shape index (κ2) is 7.99. The van der Waals surface area contributed by atoms with Crippen LogP contribution in [0.4, 0.5) is 0 Å². The summed E-state index contributed by atoms with van der Waals surface area (Å²) in [6.07, 6.45) is 4.58. The fraction of sp³-hybridized carbons (Fsp3) is 0.476. The highest BCUT2D eigenvalue weighted by molar-refractivity contribution is 8.00. The lowest BCUT2D eigenvalue weighted by Gasteiger charge is -2.17. The van der Waals surface area contributed by atoms with Crippen molar-refractivity contribution in [2.24, 2.45) is 0 Å². The molecule has 0 bridgehead atoms. The minimum Gasteiger partial charge on any atom is -0.453 e. The molecule has 1 fully saturated rings. The highest BCUT2D eigenvalue weighted by atomic mass is 32.2. The van der Waals surface area contributed by atoms with Crippen molar-refractivity contribution >= 4 is 28.6 Å². The topological polar surface area (TPSA) is 73.0 Å². The largest absolute Gasteiger partial charge is 0.453 e.